The van der Waals surface area contributed by atoms with Crippen LogP contribution < -0.4 is 20.1 Å². The molecule has 0 radical (unpaired) electrons. The molecule has 0 spiro atoms. The average molecular weight is 252 g/mol. The molecule has 0 fully saturated rings. The van der Waals surface area contributed by atoms with Crippen molar-refractivity contribution >= 4 is 0 Å². The minimum absolute atomic E-state index is 0.763. The number of nitrogens with one attached hydrogen (secondary N) is 2. The quantitative estimate of drug-likeness (QED) is 0.658. The topological polar surface area (TPSA) is 42.5 Å². The van der Waals surface area contributed by atoms with Gasteiger partial charge in [-0.3, -0.25) is 0 Å². The molecule has 0 saturated carbocycles. The van der Waals surface area contributed by atoms with Gasteiger partial charge in [-0.05, 0) is 38.2 Å². The highest BCUT2D eigenvalue weighted by atomic mass is 16.5. The molecule has 0 aliphatic carbocycles. The Morgan fingerprint density at radius 1 is 1.00 bits per heavy atom. The summed E-state index contributed by atoms with van der Waals surface area (Å²) in [5.74, 6) is 1.74. The molecular formula is C14H24N2O2. The lowest BCUT2D eigenvalue weighted by Gasteiger charge is -2.13. The monoisotopic (exact) mass is 252 g/mol. The van der Waals surface area contributed by atoms with Crippen LogP contribution in [0.1, 0.15) is 18.9 Å². The van der Waals surface area contributed by atoms with Crippen LogP contribution in [-0.4, -0.2) is 33.9 Å². The Hall–Kier alpha value is -1.26. The van der Waals surface area contributed by atoms with Gasteiger partial charge in [0.2, 0.25) is 0 Å². The van der Waals surface area contributed by atoms with E-state index in [1.165, 1.54) is 0 Å². The van der Waals surface area contributed by atoms with E-state index in [1.54, 1.807) is 14.2 Å². The van der Waals surface area contributed by atoms with Gasteiger partial charge in [0.25, 0.3) is 0 Å². The average Bonchev–Trinajstić information content (AvgIpc) is 2.42. The smallest absolute Gasteiger partial charge is 0.127 e. The Kier molecular flexibility index (Phi) is 7.22. The zero-order chi connectivity index (χ0) is 13.2. The van der Waals surface area contributed by atoms with Gasteiger partial charge < -0.3 is 20.1 Å². The highest BCUT2D eigenvalue weighted by Crippen LogP contribution is 2.27. The number of hydrogen-bond acceptors (Lipinski definition) is 4. The number of benzene rings is 1. The Labute approximate surface area is 110 Å². The standard InChI is InChI=1S/C14H24N2O2/c1-4-15-9-6-10-16-11-12-13(17-2)7-5-8-14(12)18-3/h5,7-8,15-16H,4,6,9-11H2,1-3H3. The van der Waals surface area contributed by atoms with Crippen molar-refractivity contribution in [1.82, 2.24) is 10.6 Å². The fraction of sp³-hybridized carbons (Fsp3) is 0.571. The molecule has 2 N–H and O–H groups in total. The van der Waals surface area contributed by atoms with Crippen molar-refractivity contribution in [3.05, 3.63) is 23.8 Å². The first-order chi connectivity index (χ1) is 8.83. The molecule has 0 saturated heterocycles. The number of rotatable bonds is 9. The Balaban J connectivity index is 2.45. The van der Waals surface area contributed by atoms with E-state index in [9.17, 15) is 0 Å². The highest BCUT2D eigenvalue weighted by molar-refractivity contribution is 5.44. The van der Waals surface area contributed by atoms with Crippen LogP contribution in [0.3, 0.4) is 0 Å². The van der Waals surface area contributed by atoms with Crippen LogP contribution in [0.5, 0.6) is 11.5 Å². The van der Waals surface area contributed by atoms with Gasteiger partial charge in [0.05, 0.1) is 14.2 Å². The lowest BCUT2D eigenvalue weighted by Crippen LogP contribution is -2.21. The van der Waals surface area contributed by atoms with E-state index in [1.807, 2.05) is 18.2 Å². The Morgan fingerprint density at radius 3 is 2.17 bits per heavy atom. The molecule has 0 aliphatic heterocycles. The Bertz CT molecular complexity index is 320. The number of hydrogen-bond donors (Lipinski definition) is 2. The molecule has 0 heterocycles. The fourth-order valence-electron chi connectivity index (χ4n) is 1.83. The van der Waals surface area contributed by atoms with Crippen LogP contribution in [-0.2, 0) is 6.54 Å². The zero-order valence-electron chi connectivity index (χ0n) is 11.6. The van der Waals surface area contributed by atoms with E-state index in [2.05, 4.69) is 17.6 Å². The van der Waals surface area contributed by atoms with E-state index >= 15 is 0 Å². The lowest BCUT2D eigenvalue weighted by molar-refractivity contribution is 0.382. The SMILES string of the molecule is CCNCCCNCc1c(OC)cccc1OC. The van der Waals surface area contributed by atoms with Crippen LogP contribution >= 0.6 is 0 Å². The predicted octanol–water partition coefficient (Wildman–Crippen LogP) is 1.79. The normalized spacial score (nSPS) is 10.4. The summed E-state index contributed by atoms with van der Waals surface area (Å²) in [6, 6.07) is 5.85. The summed E-state index contributed by atoms with van der Waals surface area (Å²) in [6.45, 7) is 5.94. The van der Waals surface area contributed by atoms with E-state index in [0.717, 1.165) is 49.7 Å². The van der Waals surface area contributed by atoms with Crippen LogP contribution in [0.25, 0.3) is 0 Å². The predicted molar refractivity (Wildman–Crippen MR) is 74.4 cm³/mol. The van der Waals surface area contributed by atoms with Crippen molar-refractivity contribution in [3.8, 4) is 11.5 Å². The van der Waals surface area contributed by atoms with Crippen molar-refractivity contribution in [3.63, 3.8) is 0 Å². The summed E-state index contributed by atoms with van der Waals surface area (Å²) >= 11 is 0. The maximum atomic E-state index is 5.35. The first-order valence-electron chi connectivity index (χ1n) is 6.44. The zero-order valence-corrected chi connectivity index (χ0v) is 11.6. The molecule has 102 valence electrons. The first-order valence-corrected chi connectivity index (χ1v) is 6.44. The third kappa shape index (κ3) is 4.55. The summed E-state index contributed by atoms with van der Waals surface area (Å²) in [6.07, 6.45) is 1.12. The first kappa shape index (κ1) is 14.8. The maximum Gasteiger partial charge on any atom is 0.127 e. The number of methoxy groups -OCH3 is 2. The second-order valence-electron chi connectivity index (χ2n) is 4.02. The van der Waals surface area contributed by atoms with Crippen molar-refractivity contribution in [2.24, 2.45) is 0 Å². The second-order valence-corrected chi connectivity index (χ2v) is 4.02. The molecule has 0 atom stereocenters. The molecule has 0 unspecified atom stereocenters. The molecule has 0 aliphatic rings. The van der Waals surface area contributed by atoms with Crippen LogP contribution in [0.2, 0.25) is 0 Å². The van der Waals surface area contributed by atoms with E-state index < -0.39 is 0 Å². The Morgan fingerprint density at radius 2 is 1.61 bits per heavy atom. The van der Waals surface area contributed by atoms with Gasteiger partial charge >= 0.3 is 0 Å². The molecule has 1 aromatic carbocycles. The van der Waals surface area contributed by atoms with Crippen molar-refractivity contribution in [2.75, 3.05) is 33.9 Å². The van der Waals surface area contributed by atoms with Gasteiger partial charge in [-0.25, -0.2) is 0 Å². The molecule has 0 aromatic heterocycles. The molecule has 1 rings (SSSR count). The van der Waals surface area contributed by atoms with E-state index in [-0.39, 0.29) is 0 Å². The largest absolute Gasteiger partial charge is 0.496 e. The molecule has 1 aromatic rings. The minimum Gasteiger partial charge on any atom is -0.496 e. The van der Waals surface area contributed by atoms with Gasteiger partial charge in [0.1, 0.15) is 11.5 Å². The summed E-state index contributed by atoms with van der Waals surface area (Å²) < 4.78 is 10.7. The molecule has 4 heteroatoms. The van der Waals surface area contributed by atoms with Gasteiger partial charge in [-0.1, -0.05) is 13.0 Å². The van der Waals surface area contributed by atoms with Crippen molar-refractivity contribution in [1.29, 1.82) is 0 Å². The van der Waals surface area contributed by atoms with Crippen molar-refractivity contribution < 1.29 is 9.47 Å². The third-order valence-electron chi connectivity index (χ3n) is 2.79. The molecule has 18 heavy (non-hydrogen) atoms. The van der Waals surface area contributed by atoms with Gasteiger partial charge in [0, 0.05) is 12.1 Å². The van der Waals surface area contributed by atoms with Gasteiger partial charge in [-0.2, -0.15) is 0 Å². The summed E-state index contributed by atoms with van der Waals surface area (Å²) in [5, 5.41) is 6.71. The summed E-state index contributed by atoms with van der Waals surface area (Å²) in [4.78, 5) is 0. The van der Waals surface area contributed by atoms with Crippen LogP contribution in [0, 0.1) is 0 Å². The lowest BCUT2D eigenvalue weighted by atomic mass is 10.1. The second kappa shape index (κ2) is 8.78. The molecule has 4 nitrogen and oxygen atoms in total. The highest BCUT2D eigenvalue weighted by Gasteiger charge is 2.08. The summed E-state index contributed by atoms with van der Waals surface area (Å²) in [5.41, 5.74) is 1.07. The van der Waals surface area contributed by atoms with Gasteiger partial charge in [-0.15, -0.1) is 0 Å². The minimum atomic E-state index is 0.763. The molecule has 0 bridgehead atoms. The maximum absolute atomic E-state index is 5.35. The molecular weight excluding hydrogens is 228 g/mol. The van der Waals surface area contributed by atoms with E-state index in [0.29, 0.717) is 0 Å². The van der Waals surface area contributed by atoms with Crippen LogP contribution in [0.4, 0.5) is 0 Å². The summed E-state index contributed by atoms with van der Waals surface area (Å²) in [7, 11) is 3.37. The van der Waals surface area contributed by atoms with Gasteiger partial charge in [0.15, 0.2) is 0 Å². The van der Waals surface area contributed by atoms with Crippen molar-refractivity contribution in [2.45, 2.75) is 19.9 Å². The third-order valence-corrected chi connectivity index (χ3v) is 2.79. The molecule has 0 amide bonds. The fourth-order valence-corrected chi connectivity index (χ4v) is 1.83. The number of ether oxygens (including phenoxy) is 2. The van der Waals surface area contributed by atoms with E-state index in [4.69, 9.17) is 9.47 Å². The van der Waals surface area contributed by atoms with Crippen LogP contribution in [0.15, 0.2) is 18.2 Å².